The largest absolute Gasteiger partial charge is 0.395 e. The molecule has 0 unspecified atom stereocenters. The Balaban J connectivity index is 1.13. The second kappa shape index (κ2) is 15.0. The molecule has 14 heteroatoms. The van der Waals surface area contributed by atoms with Crippen molar-refractivity contribution in [3.05, 3.63) is 94.1 Å². The van der Waals surface area contributed by atoms with Crippen LogP contribution < -0.4 is 20.9 Å². The Morgan fingerprint density at radius 1 is 0.902 bits per heavy atom. The molecular weight excluding hydrogens is 665 g/mol. The number of nitrogens with zero attached hydrogens (tertiary/aromatic N) is 7. The first-order valence-corrected chi connectivity index (χ1v) is 17.8. The van der Waals surface area contributed by atoms with Crippen LogP contribution in [0, 0.1) is 20.8 Å². The molecule has 266 valence electrons. The number of hydrogen-bond acceptors (Lipinski definition) is 11. The molecule has 0 bridgehead atoms. The van der Waals surface area contributed by atoms with Gasteiger partial charge >= 0.3 is 0 Å². The highest BCUT2D eigenvalue weighted by Gasteiger charge is 2.24. The lowest BCUT2D eigenvalue weighted by Crippen LogP contribution is -2.47. The SMILES string of the molecule is Cc1ccc(-n2nc(C(C)(C)C)cc2C(=O)Nc2ccc(C)c(NC(=O)c3ncc(Nc4cc(N5CCN(CCO)CC5)nc(C)n4)s3)c2)cc1. The van der Waals surface area contributed by atoms with Crippen LogP contribution in [-0.4, -0.2) is 85.9 Å². The molecule has 3 aromatic heterocycles. The van der Waals surface area contributed by atoms with E-state index in [0.29, 0.717) is 40.3 Å². The van der Waals surface area contributed by atoms with Crippen LogP contribution in [0.3, 0.4) is 0 Å². The number of rotatable bonds is 10. The predicted octanol–water partition coefficient (Wildman–Crippen LogP) is 5.70. The summed E-state index contributed by atoms with van der Waals surface area (Å²) in [7, 11) is 0. The van der Waals surface area contributed by atoms with Crippen molar-refractivity contribution in [1.29, 1.82) is 0 Å². The molecule has 0 aliphatic carbocycles. The van der Waals surface area contributed by atoms with Crippen LogP contribution in [0.4, 0.5) is 28.0 Å². The molecule has 1 aliphatic heterocycles. The third-order valence-electron chi connectivity index (χ3n) is 8.62. The van der Waals surface area contributed by atoms with Gasteiger partial charge in [0, 0.05) is 55.6 Å². The molecule has 51 heavy (non-hydrogen) atoms. The summed E-state index contributed by atoms with van der Waals surface area (Å²) in [6, 6.07) is 17.0. The molecule has 2 aromatic carbocycles. The van der Waals surface area contributed by atoms with Crippen LogP contribution in [-0.2, 0) is 5.41 Å². The minimum Gasteiger partial charge on any atom is -0.395 e. The minimum absolute atomic E-state index is 0.154. The monoisotopic (exact) mass is 708 g/mol. The summed E-state index contributed by atoms with van der Waals surface area (Å²) in [6.45, 7) is 16.1. The summed E-state index contributed by atoms with van der Waals surface area (Å²) >= 11 is 1.21. The van der Waals surface area contributed by atoms with Gasteiger partial charge in [0.1, 0.15) is 28.2 Å². The normalized spacial score (nSPS) is 13.7. The van der Waals surface area contributed by atoms with E-state index in [-0.39, 0.29) is 28.8 Å². The average Bonchev–Trinajstić information content (AvgIpc) is 3.75. The van der Waals surface area contributed by atoms with Crippen LogP contribution in [0.5, 0.6) is 0 Å². The van der Waals surface area contributed by atoms with Crippen molar-refractivity contribution in [3.8, 4) is 5.69 Å². The molecule has 5 aromatic rings. The summed E-state index contributed by atoms with van der Waals surface area (Å²) in [5, 5.41) is 24.2. The molecule has 13 nitrogen and oxygen atoms in total. The molecule has 1 aliphatic rings. The highest BCUT2D eigenvalue weighted by Crippen LogP contribution is 2.28. The molecule has 1 fully saturated rings. The highest BCUT2D eigenvalue weighted by molar-refractivity contribution is 7.17. The van der Waals surface area contributed by atoms with Gasteiger partial charge in [-0.15, -0.1) is 0 Å². The van der Waals surface area contributed by atoms with Crippen LogP contribution in [0.15, 0.2) is 60.8 Å². The van der Waals surface area contributed by atoms with Gasteiger partial charge in [-0.2, -0.15) is 5.10 Å². The van der Waals surface area contributed by atoms with Gasteiger partial charge in [-0.05, 0) is 56.7 Å². The summed E-state index contributed by atoms with van der Waals surface area (Å²) in [5.41, 5.74) is 4.77. The van der Waals surface area contributed by atoms with Gasteiger partial charge in [0.05, 0.1) is 24.2 Å². The Bertz CT molecular complexity index is 2020. The van der Waals surface area contributed by atoms with E-state index in [1.165, 1.54) is 11.3 Å². The Hall–Kier alpha value is -5.18. The van der Waals surface area contributed by atoms with Crippen LogP contribution >= 0.6 is 11.3 Å². The lowest BCUT2D eigenvalue weighted by molar-refractivity contribution is 0.101. The van der Waals surface area contributed by atoms with Gasteiger partial charge in [0.25, 0.3) is 11.8 Å². The van der Waals surface area contributed by atoms with E-state index in [1.807, 2.05) is 63.2 Å². The number of hydrogen-bond donors (Lipinski definition) is 4. The zero-order chi connectivity index (χ0) is 36.3. The van der Waals surface area contributed by atoms with Crippen LogP contribution in [0.25, 0.3) is 5.69 Å². The van der Waals surface area contributed by atoms with Crippen molar-refractivity contribution in [2.75, 3.05) is 60.2 Å². The maximum atomic E-state index is 13.7. The predicted molar refractivity (Wildman–Crippen MR) is 202 cm³/mol. The number of carbonyl (C=O) groups excluding carboxylic acids is 2. The first-order chi connectivity index (χ1) is 24.4. The number of aliphatic hydroxyl groups excluding tert-OH is 1. The van der Waals surface area contributed by atoms with E-state index >= 15 is 0 Å². The van der Waals surface area contributed by atoms with Crippen LogP contribution in [0.1, 0.15) is 63.7 Å². The number of piperazine rings is 1. The smallest absolute Gasteiger partial charge is 0.284 e. The fourth-order valence-electron chi connectivity index (χ4n) is 5.68. The molecular formula is C37H44N10O3S. The molecule has 0 spiro atoms. The van der Waals surface area contributed by atoms with Crippen molar-refractivity contribution in [3.63, 3.8) is 0 Å². The Kier molecular flexibility index (Phi) is 10.5. The van der Waals surface area contributed by atoms with E-state index in [4.69, 9.17) is 5.10 Å². The molecule has 2 amide bonds. The maximum Gasteiger partial charge on any atom is 0.284 e. The molecule has 0 saturated carbocycles. The van der Waals surface area contributed by atoms with E-state index in [1.54, 1.807) is 23.0 Å². The first kappa shape index (κ1) is 35.6. The van der Waals surface area contributed by atoms with Crippen molar-refractivity contribution in [2.45, 2.75) is 47.0 Å². The zero-order valence-corrected chi connectivity index (χ0v) is 30.6. The number of thiazole rings is 1. The second-order valence-electron chi connectivity index (χ2n) is 13.7. The number of benzene rings is 2. The molecule has 6 rings (SSSR count). The lowest BCUT2D eigenvalue weighted by Gasteiger charge is -2.35. The summed E-state index contributed by atoms with van der Waals surface area (Å²) in [5.74, 6) is 1.39. The molecule has 0 radical (unpaired) electrons. The Morgan fingerprint density at radius 2 is 1.65 bits per heavy atom. The molecule has 4 N–H and O–H groups in total. The lowest BCUT2D eigenvalue weighted by atomic mass is 9.92. The van der Waals surface area contributed by atoms with Gasteiger partial charge in [-0.3, -0.25) is 14.5 Å². The zero-order valence-electron chi connectivity index (χ0n) is 29.8. The number of aliphatic hydroxyl groups is 1. The Morgan fingerprint density at radius 3 is 2.35 bits per heavy atom. The van der Waals surface area contributed by atoms with Crippen LogP contribution in [0.2, 0.25) is 0 Å². The number of nitrogens with one attached hydrogen (secondary N) is 3. The minimum atomic E-state index is -0.368. The number of aryl methyl sites for hydroxylation is 3. The first-order valence-electron chi connectivity index (χ1n) is 16.9. The number of β-amino-alcohol motifs (C(OH)–C–C–N with tert-alkyl or cyclic N) is 1. The van der Waals surface area contributed by atoms with Crippen molar-refractivity contribution >= 4 is 51.2 Å². The van der Waals surface area contributed by atoms with Gasteiger partial charge < -0.3 is 26.0 Å². The molecule has 1 saturated heterocycles. The fourth-order valence-corrected chi connectivity index (χ4v) is 6.40. The summed E-state index contributed by atoms with van der Waals surface area (Å²) < 4.78 is 1.67. The van der Waals surface area contributed by atoms with Crippen molar-refractivity contribution < 1.29 is 14.7 Å². The maximum absolute atomic E-state index is 13.7. The third-order valence-corrected chi connectivity index (χ3v) is 9.53. The van der Waals surface area contributed by atoms with Gasteiger partial charge in [-0.1, -0.05) is 55.9 Å². The highest BCUT2D eigenvalue weighted by atomic mass is 32.1. The Labute approximate surface area is 301 Å². The summed E-state index contributed by atoms with van der Waals surface area (Å²) in [6.07, 6.45) is 1.61. The summed E-state index contributed by atoms with van der Waals surface area (Å²) in [4.78, 5) is 45.0. The number of aromatic nitrogens is 5. The van der Waals surface area contributed by atoms with Crippen molar-refractivity contribution in [1.82, 2.24) is 29.6 Å². The van der Waals surface area contributed by atoms with E-state index in [2.05, 4.69) is 61.5 Å². The molecule has 4 heterocycles. The average molecular weight is 709 g/mol. The van der Waals surface area contributed by atoms with Gasteiger partial charge in [0.15, 0.2) is 5.01 Å². The van der Waals surface area contributed by atoms with Gasteiger partial charge in [-0.25, -0.2) is 19.6 Å². The van der Waals surface area contributed by atoms with Gasteiger partial charge in [0.2, 0.25) is 0 Å². The van der Waals surface area contributed by atoms with Crippen molar-refractivity contribution in [2.24, 2.45) is 0 Å². The molecule has 0 atom stereocenters. The standard InChI is InChI=1S/C37H44N10O3S/c1-23-7-11-27(12-8-23)47-29(20-30(44-47)37(4,5)6)34(49)41-26-10-9-24(2)28(19-26)42-35(50)36-38-22-33(51-36)43-31-21-32(40-25(3)39-31)46-15-13-45(14-16-46)17-18-48/h7-12,19-22,48H,13-18H2,1-6H3,(H,41,49)(H,42,50)(H,39,40,43). The van der Waals surface area contributed by atoms with E-state index in [0.717, 1.165) is 54.5 Å². The van der Waals surface area contributed by atoms with E-state index in [9.17, 15) is 14.7 Å². The number of amides is 2. The topological polar surface area (TPSA) is 153 Å². The second-order valence-corrected chi connectivity index (χ2v) is 14.7. The fraction of sp³-hybridized carbons (Fsp3) is 0.351. The van der Waals surface area contributed by atoms with E-state index < -0.39 is 0 Å². The third kappa shape index (κ3) is 8.59. The quantitative estimate of drug-likeness (QED) is 0.142. The number of anilines is 5. The number of carbonyl (C=O) groups is 2.